The summed E-state index contributed by atoms with van der Waals surface area (Å²) in [6.45, 7) is 4.67. The van der Waals surface area contributed by atoms with Crippen LogP contribution in [0, 0.1) is 17.4 Å². The van der Waals surface area contributed by atoms with Gasteiger partial charge >= 0.3 is 0 Å². The molecule has 0 spiro atoms. The van der Waals surface area contributed by atoms with Crippen LogP contribution in [-0.2, 0) is 4.79 Å². The molecule has 178 valence electrons. The van der Waals surface area contributed by atoms with Gasteiger partial charge in [0, 0.05) is 50.8 Å². The van der Waals surface area contributed by atoms with Crippen molar-refractivity contribution in [3.8, 4) is 0 Å². The van der Waals surface area contributed by atoms with E-state index in [1.807, 2.05) is 60.7 Å². The van der Waals surface area contributed by atoms with Crippen LogP contribution in [0.25, 0.3) is 10.8 Å². The molecular formula is C27H26IN5OS. The highest BCUT2D eigenvalue weighted by atomic mass is 127. The van der Waals surface area contributed by atoms with Gasteiger partial charge in [0.1, 0.15) is 0 Å². The minimum absolute atomic E-state index is 0.0409. The van der Waals surface area contributed by atoms with Crippen molar-refractivity contribution in [2.75, 3.05) is 11.9 Å². The minimum atomic E-state index is -0.104. The first kappa shape index (κ1) is 23.7. The number of amides is 1. The van der Waals surface area contributed by atoms with Gasteiger partial charge in [-0.25, -0.2) is 0 Å². The van der Waals surface area contributed by atoms with Crippen molar-refractivity contribution in [1.29, 1.82) is 0 Å². The Morgan fingerprint density at radius 1 is 1.09 bits per heavy atom. The number of benzene rings is 2. The van der Waals surface area contributed by atoms with Gasteiger partial charge < -0.3 is 20.5 Å². The molecule has 8 heteroatoms. The third kappa shape index (κ3) is 4.64. The molecule has 2 aromatic heterocycles. The standard InChI is InChI=1S/C27H26IN5OS/c1-16-23(24(28)17(2)30-16)26-25(21-11-5-6-14-29-21)32-27(35)33(26)15-13-22(34)31-20-12-7-9-18-8-3-4-10-19(18)20/h3-12,14,25-26,30H,13,15H2,1-2H3,(H,31,34)(H,32,35)/t25-,26-/m1/s1. The average molecular weight is 596 g/mol. The Bertz CT molecular complexity index is 1400. The summed E-state index contributed by atoms with van der Waals surface area (Å²) in [4.78, 5) is 23.2. The summed E-state index contributed by atoms with van der Waals surface area (Å²) in [5, 5.41) is 9.34. The molecule has 6 nitrogen and oxygen atoms in total. The number of aromatic amines is 1. The lowest BCUT2D eigenvalue weighted by Gasteiger charge is -2.28. The molecule has 2 atom stereocenters. The molecule has 1 aliphatic rings. The Balaban J connectivity index is 1.40. The van der Waals surface area contributed by atoms with Gasteiger partial charge in [-0.1, -0.05) is 42.5 Å². The summed E-state index contributed by atoms with van der Waals surface area (Å²) >= 11 is 8.17. The van der Waals surface area contributed by atoms with Gasteiger partial charge in [-0.3, -0.25) is 9.78 Å². The van der Waals surface area contributed by atoms with Crippen LogP contribution in [0.4, 0.5) is 5.69 Å². The number of rotatable bonds is 6. The molecule has 0 unspecified atom stereocenters. The zero-order chi connectivity index (χ0) is 24.5. The quantitative estimate of drug-likeness (QED) is 0.195. The lowest BCUT2D eigenvalue weighted by molar-refractivity contribution is -0.116. The largest absolute Gasteiger partial charge is 0.362 e. The maximum Gasteiger partial charge on any atom is 0.226 e. The lowest BCUT2D eigenvalue weighted by Crippen LogP contribution is -2.33. The van der Waals surface area contributed by atoms with Crippen molar-refractivity contribution in [2.24, 2.45) is 0 Å². The number of hydrogen-bond donors (Lipinski definition) is 3. The van der Waals surface area contributed by atoms with E-state index in [-0.39, 0.29) is 18.0 Å². The Hall–Kier alpha value is -2.98. The summed E-state index contributed by atoms with van der Waals surface area (Å²) in [7, 11) is 0. The van der Waals surface area contributed by atoms with E-state index in [2.05, 4.69) is 61.9 Å². The number of hydrogen-bond acceptors (Lipinski definition) is 3. The number of thiocarbonyl (C=S) groups is 1. The zero-order valence-electron chi connectivity index (χ0n) is 19.5. The maximum absolute atomic E-state index is 13.0. The number of H-pyrrole nitrogens is 1. The molecule has 1 fully saturated rings. The first-order valence-corrected chi connectivity index (χ1v) is 13.0. The monoisotopic (exact) mass is 595 g/mol. The van der Waals surface area contributed by atoms with E-state index in [0.717, 1.165) is 33.5 Å². The molecule has 1 amide bonds. The number of aromatic nitrogens is 2. The van der Waals surface area contributed by atoms with Crippen molar-refractivity contribution in [1.82, 2.24) is 20.2 Å². The van der Waals surface area contributed by atoms with Crippen LogP contribution in [0.2, 0.25) is 0 Å². The first-order chi connectivity index (χ1) is 16.9. The molecule has 3 heterocycles. The number of halogens is 1. The van der Waals surface area contributed by atoms with Crippen molar-refractivity contribution >= 4 is 62.3 Å². The molecule has 0 bridgehead atoms. The molecule has 0 aliphatic carbocycles. The summed E-state index contributed by atoms with van der Waals surface area (Å²) in [5.74, 6) is -0.0409. The van der Waals surface area contributed by atoms with Crippen molar-refractivity contribution in [3.63, 3.8) is 0 Å². The number of fused-ring (bicyclic) bond motifs is 1. The van der Waals surface area contributed by atoms with E-state index in [1.165, 1.54) is 9.13 Å². The van der Waals surface area contributed by atoms with Crippen LogP contribution in [0.5, 0.6) is 0 Å². The highest BCUT2D eigenvalue weighted by molar-refractivity contribution is 14.1. The molecular weight excluding hydrogens is 569 g/mol. The van der Waals surface area contributed by atoms with Crippen molar-refractivity contribution in [3.05, 3.63) is 93.1 Å². The molecule has 3 N–H and O–H groups in total. The smallest absolute Gasteiger partial charge is 0.226 e. The van der Waals surface area contributed by atoms with Crippen LogP contribution in [0.1, 0.15) is 41.1 Å². The molecule has 35 heavy (non-hydrogen) atoms. The fourth-order valence-electron chi connectivity index (χ4n) is 4.85. The summed E-state index contributed by atoms with van der Waals surface area (Å²) in [6.07, 6.45) is 2.12. The Kier molecular flexibility index (Phi) is 6.75. The van der Waals surface area contributed by atoms with E-state index in [4.69, 9.17) is 12.2 Å². The van der Waals surface area contributed by atoms with E-state index in [0.29, 0.717) is 18.1 Å². The lowest BCUT2D eigenvalue weighted by atomic mass is 9.96. The molecule has 2 aromatic carbocycles. The summed E-state index contributed by atoms with van der Waals surface area (Å²) in [5.41, 5.74) is 5.18. The van der Waals surface area contributed by atoms with E-state index >= 15 is 0 Å². The third-order valence-corrected chi connectivity index (χ3v) is 8.22. The highest BCUT2D eigenvalue weighted by Crippen LogP contribution is 2.42. The Morgan fingerprint density at radius 3 is 2.60 bits per heavy atom. The van der Waals surface area contributed by atoms with Gasteiger partial charge in [0.15, 0.2) is 5.11 Å². The fraction of sp³-hybridized carbons (Fsp3) is 0.222. The van der Waals surface area contributed by atoms with E-state index in [1.54, 1.807) is 6.20 Å². The second-order valence-electron chi connectivity index (χ2n) is 8.75. The summed E-state index contributed by atoms with van der Waals surface area (Å²) < 4.78 is 1.18. The van der Waals surface area contributed by atoms with E-state index < -0.39 is 0 Å². The fourth-order valence-corrected chi connectivity index (χ4v) is 6.04. The second kappa shape index (κ2) is 9.94. The number of pyridine rings is 1. The predicted octanol–water partition coefficient (Wildman–Crippen LogP) is 5.79. The summed E-state index contributed by atoms with van der Waals surface area (Å²) in [6, 6.07) is 19.8. The van der Waals surface area contributed by atoms with E-state index in [9.17, 15) is 4.79 Å². The predicted molar refractivity (Wildman–Crippen MR) is 152 cm³/mol. The third-order valence-electron chi connectivity index (χ3n) is 6.48. The number of nitrogens with one attached hydrogen (secondary N) is 3. The topological polar surface area (TPSA) is 73.0 Å². The zero-order valence-corrected chi connectivity index (χ0v) is 22.5. The van der Waals surface area contributed by atoms with Gasteiger partial charge in [0.2, 0.25) is 5.91 Å². The van der Waals surface area contributed by atoms with Crippen molar-refractivity contribution < 1.29 is 4.79 Å². The minimum Gasteiger partial charge on any atom is -0.362 e. The van der Waals surface area contributed by atoms with Gasteiger partial charge in [-0.05, 0) is 72.2 Å². The molecule has 5 rings (SSSR count). The van der Waals surface area contributed by atoms with Gasteiger partial charge in [-0.15, -0.1) is 0 Å². The SMILES string of the molecule is Cc1[nH]c(C)c([C@@H]2[C@@H](c3ccccn3)NC(=S)N2CCC(=O)Nc2cccc3ccccc23)c1I. The molecule has 0 radical (unpaired) electrons. The normalized spacial score (nSPS) is 17.6. The van der Waals surface area contributed by atoms with Crippen LogP contribution >= 0.6 is 34.8 Å². The van der Waals surface area contributed by atoms with Crippen LogP contribution in [-0.4, -0.2) is 32.4 Å². The van der Waals surface area contributed by atoms with Crippen molar-refractivity contribution in [2.45, 2.75) is 32.4 Å². The number of anilines is 1. The van der Waals surface area contributed by atoms with Crippen LogP contribution in [0.15, 0.2) is 66.9 Å². The number of carbonyl (C=O) groups is 1. The maximum atomic E-state index is 13.0. The molecule has 1 aliphatic heterocycles. The van der Waals surface area contributed by atoms with Crippen LogP contribution < -0.4 is 10.6 Å². The Morgan fingerprint density at radius 2 is 1.86 bits per heavy atom. The van der Waals surface area contributed by atoms with Crippen LogP contribution in [0.3, 0.4) is 0 Å². The van der Waals surface area contributed by atoms with Gasteiger partial charge in [-0.2, -0.15) is 0 Å². The number of nitrogens with zero attached hydrogens (tertiary/aromatic N) is 2. The average Bonchev–Trinajstić information content (AvgIpc) is 3.31. The van der Waals surface area contributed by atoms with Gasteiger partial charge in [0.05, 0.1) is 17.8 Å². The second-order valence-corrected chi connectivity index (χ2v) is 10.2. The molecule has 4 aromatic rings. The number of aryl methyl sites for hydroxylation is 2. The molecule has 0 saturated carbocycles. The molecule has 1 saturated heterocycles. The Labute approximate surface area is 223 Å². The van der Waals surface area contributed by atoms with Gasteiger partial charge in [0.25, 0.3) is 0 Å². The first-order valence-electron chi connectivity index (χ1n) is 11.5. The highest BCUT2D eigenvalue weighted by Gasteiger charge is 2.42. The number of carbonyl (C=O) groups excluding carboxylic acids is 1.